The van der Waals surface area contributed by atoms with Gasteiger partial charge in [-0.15, -0.1) is 0 Å². The predicted octanol–water partition coefficient (Wildman–Crippen LogP) is 4.47. The summed E-state index contributed by atoms with van der Waals surface area (Å²) in [6.45, 7) is 3.29. The Morgan fingerprint density at radius 2 is 1.62 bits per heavy atom. The van der Waals surface area contributed by atoms with Gasteiger partial charge in [0, 0.05) is 24.3 Å². The number of methoxy groups -OCH3 is 1. The van der Waals surface area contributed by atoms with E-state index < -0.39 is 21.9 Å². The molecule has 0 aliphatic carbocycles. The van der Waals surface area contributed by atoms with E-state index in [-0.39, 0.29) is 16.2 Å². The van der Waals surface area contributed by atoms with E-state index in [0.717, 1.165) is 38.5 Å². The van der Waals surface area contributed by atoms with Crippen LogP contribution in [0, 0.1) is 0 Å². The molecule has 1 heterocycles. The average molecular weight is 489 g/mol. The molecular formula is C25H32N2O6S. The SMILES string of the molecule is CCCCOC(=O)c1ccc(NC(=O)c2ccc(OC)c(S(=O)(=O)N3CCCCCC3)c2)cc1. The topological polar surface area (TPSA) is 102 Å². The van der Waals surface area contributed by atoms with Crippen LogP contribution in [-0.4, -0.2) is 51.4 Å². The number of amides is 1. The summed E-state index contributed by atoms with van der Waals surface area (Å²) in [5, 5.41) is 2.74. The number of unbranched alkanes of at least 4 members (excludes halogenated alkanes) is 1. The minimum Gasteiger partial charge on any atom is -0.495 e. The maximum Gasteiger partial charge on any atom is 0.338 e. The molecule has 9 heteroatoms. The molecule has 2 aromatic carbocycles. The molecule has 0 radical (unpaired) electrons. The third-order valence-electron chi connectivity index (χ3n) is 5.72. The van der Waals surface area contributed by atoms with E-state index in [1.165, 1.54) is 29.6 Å². The van der Waals surface area contributed by atoms with Crippen molar-refractivity contribution in [3.8, 4) is 5.75 Å². The van der Waals surface area contributed by atoms with Crippen LogP contribution in [0.15, 0.2) is 47.4 Å². The molecule has 3 rings (SSSR count). The Morgan fingerprint density at radius 1 is 0.971 bits per heavy atom. The van der Waals surface area contributed by atoms with Crippen molar-refractivity contribution < 1.29 is 27.5 Å². The summed E-state index contributed by atoms with van der Waals surface area (Å²) in [5.41, 5.74) is 1.06. The fourth-order valence-corrected chi connectivity index (χ4v) is 5.42. The van der Waals surface area contributed by atoms with Crippen molar-refractivity contribution in [2.45, 2.75) is 50.3 Å². The Hall–Kier alpha value is -2.91. The van der Waals surface area contributed by atoms with Crippen LogP contribution in [0.4, 0.5) is 5.69 Å². The predicted molar refractivity (Wildman–Crippen MR) is 130 cm³/mol. The Morgan fingerprint density at radius 3 is 2.24 bits per heavy atom. The summed E-state index contributed by atoms with van der Waals surface area (Å²) in [6.07, 6.45) is 5.36. The second kappa shape index (κ2) is 12.0. The molecule has 0 aromatic heterocycles. The number of benzene rings is 2. The second-order valence-corrected chi connectivity index (χ2v) is 10.1. The van der Waals surface area contributed by atoms with E-state index in [1.54, 1.807) is 24.3 Å². The van der Waals surface area contributed by atoms with Crippen LogP contribution in [0.1, 0.15) is 66.2 Å². The molecule has 1 amide bonds. The zero-order valence-electron chi connectivity index (χ0n) is 19.7. The molecular weight excluding hydrogens is 456 g/mol. The van der Waals surface area contributed by atoms with Gasteiger partial charge >= 0.3 is 5.97 Å². The first-order chi connectivity index (χ1) is 16.4. The molecule has 1 fully saturated rings. The Balaban J connectivity index is 1.76. The standard InChI is InChI=1S/C25H32N2O6S/c1-3-4-17-33-25(29)19-9-12-21(13-10-19)26-24(28)20-11-14-22(32-2)23(18-20)34(30,31)27-15-7-5-6-8-16-27/h9-14,18H,3-8,15-17H2,1-2H3,(H,26,28). The summed E-state index contributed by atoms with van der Waals surface area (Å²) in [5.74, 6) is -0.676. The first-order valence-corrected chi connectivity index (χ1v) is 13.1. The van der Waals surface area contributed by atoms with Crippen LogP contribution in [0.3, 0.4) is 0 Å². The lowest BCUT2D eigenvalue weighted by molar-refractivity contribution is 0.0499. The van der Waals surface area contributed by atoms with Crippen molar-refractivity contribution >= 4 is 27.6 Å². The molecule has 0 saturated carbocycles. The first kappa shape index (κ1) is 25.7. The third-order valence-corrected chi connectivity index (χ3v) is 7.64. The largest absolute Gasteiger partial charge is 0.495 e. The zero-order valence-corrected chi connectivity index (χ0v) is 20.5. The van der Waals surface area contributed by atoms with Crippen molar-refractivity contribution in [1.29, 1.82) is 0 Å². The molecule has 0 bridgehead atoms. The molecule has 0 unspecified atom stereocenters. The van der Waals surface area contributed by atoms with Gasteiger partial charge in [-0.05, 0) is 61.7 Å². The molecule has 0 atom stereocenters. The van der Waals surface area contributed by atoms with E-state index in [1.807, 2.05) is 6.92 Å². The van der Waals surface area contributed by atoms with Gasteiger partial charge in [0.2, 0.25) is 10.0 Å². The maximum atomic E-state index is 13.3. The van der Waals surface area contributed by atoms with Crippen LogP contribution in [0.5, 0.6) is 5.75 Å². The third kappa shape index (κ3) is 6.36. The lowest BCUT2D eigenvalue weighted by Crippen LogP contribution is -2.32. The highest BCUT2D eigenvalue weighted by Gasteiger charge is 2.29. The number of carbonyl (C=O) groups is 2. The number of hydrogen-bond donors (Lipinski definition) is 1. The highest BCUT2D eigenvalue weighted by molar-refractivity contribution is 7.89. The molecule has 1 aliphatic heterocycles. The molecule has 8 nitrogen and oxygen atoms in total. The molecule has 34 heavy (non-hydrogen) atoms. The molecule has 1 saturated heterocycles. The van der Waals surface area contributed by atoms with E-state index in [9.17, 15) is 18.0 Å². The van der Waals surface area contributed by atoms with Gasteiger partial charge in [-0.2, -0.15) is 4.31 Å². The Bertz CT molecular complexity index is 1090. The minimum atomic E-state index is -3.80. The van der Waals surface area contributed by atoms with Crippen LogP contribution in [0.2, 0.25) is 0 Å². The number of carbonyl (C=O) groups excluding carboxylic acids is 2. The number of hydrogen-bond acceptors (Lipinski definition) is 6. The number of anilines is 1. The average Bonchev–Trinajstić information content (AvgIpc) is 3.14. The summed E-state index contributed by atoms with van der Waals surface area (Å²) in [7, 11) is -2.40. The van der Waals surface area contributed by atoms with Gasteiger partial charge in [-0.1, -0.05) is 26.2 Å². The number of nitrogens with one attached hydrogen (secondary N) is 1. The smallest absolute Gasteiger partial charge is 0.338 e. The fraction of sp³-hybridized carbons (Fsp3) is 0.440. The fourth-order valence-electron chi connectivity index (χ4n) is 3.73. The normalized spacial score (nSPS) is 14.8. The number of ether oxygens (including phenoxy) is 2. The van der Waals surface area contributed by atoms with E-state index in [0.29, 0.717) is 30.9 Å². The quantitative estimate of drug-likeness (QED) is 0.413. The summed E-state index contributed by atoms with van der Waals surface area (Å²) < 4.78 is 38.6. The number of nitrogens with zero attached hydrogens (tertiary/aromatic N) is 1. The summed E-state index contributed by atoms with van der Waals surface area (Å²) in [6, 6.07) is 10.7. The Labute approximate surface area is 201 Å². The zero-order chi connectivity index (χ0) is 24.6. The van der Waals surface area contributed by atoms with Crippen LogP contribution < -0.4 is 10.1 Å². The van der Waals surface area contributed by atoms with Gasteiger partial charge in [0.15, 0.2) is 0 Å². The van der Waals surface area contributed by atoms with Crippen molar-refractivity contribution in [3.63, 3.8) is 0 Å². The van der Waals surface area contributed by atoms with Gasteiger partial charge in [0.25, 0.3) is 5.91 Å². The molecule has 2 aromatic rings. The highest BCUT2D eigenvalue weighted by Crippen LogP contribution is 2.29. The lowest BCUT2D eigenvalue weighted by Gasteiger charge is -2.21. The van der Waals surface area contributed by atoms with E-state index >= 15 is 0 Å². The molecule has 0 spiro atoms. The van der Waals surface area contributed by atoms with Gasteiger partial charge in [0.1, 0.15) is 10.6 Å². The van der Waals surface area contributed by atoms with Crippen molar-refractivity contribution in [3.05, 3.63) is 53.6 Å². The highest BCUT2D eigenvalue weighted by atomic mass is 32.2. The van der Waals surface area contributed by atoms with Crippen LogP contribution in [-0.2, 0) is 14.8 Å². The molecule has 184 valence electrons. The minimum absolute atomic E-state index is 0.0188. The van der Waals surface area contributed by atoms with Gasteiger partial charge in [-0.3, -0.25) is 4.79 Å². The monoisotopic (exact) mass is 488 g/mol. The van der Waals surface area contributed by atoms with Crippen molar-refractivity contribution in [2.24, 2.45) is 0 Å². The van der Waals surface area contributed by atoms with Crippen molar-refractivity contribution in [1.82, 2.24) is 4.31 Å². The maximum absolute atomic E-state index is 13.3. The van der Waals surface area contributed by atoms with E-state index in [4.69, 9.17) is 9.47 Å². The number of esters is 1. The van der Waals surface area contributed by atoms with Gasteiger partial charge in [0.05, 0.1) is 19.3 Å². The van der Waals surface area contributed by atoms with Crippen LogP contribution >= 0.6 is 0 Å². The number of sulfonamides is 1. The summed E-state index contributed by atoms with van der Waals surface area (Å²) in [4.78, 5) is 24.9. The molecule has 1 aliphatic rings. The van der Waals surface area contributed by atoms with Gasteiger partial charge in [-0.25, -0.2) is 13.2 Å². The molecule has 1 N–H and O–H groups in total. The summed E-state index contributed by atoms with van der Waals surface area (Å²) >= 11 is 0. The van der Waals surface area contributed by atoms with Crippen molar-refractivity contribution in [2.75, 3.05) is 32.1 Å². The lowest BCUT2D eigenvalue weighted by atomic mass is 10.1. The first-order valence-electron chi connectivity index (χ1n) is 11.6. The van der Waals surface area contributed by atoms with Crippen LogP contribution in [0.25, 0.3) is 0 Å². The van der Waals surface area contributed by atoms with Gasteiger partial charge < -0.3 is 14.8 Å². The Kier molecular flexibility index (Phi) is 9.06. The van der Waals surface area contributed by atoms with E-state index in [2.05, 4.69) is 5.32 Å². The second-order valence-electron chi connectivity index (χ2n) is 8.20. The number of rotatable bonds is 9.